The molecule has 0 rings (SSSR count). The Morgan fingerprint density at radius 3 is 2.82 bits per heavy atom. The zero-order valence-electron chi connectivity index (χ0n) is 6.19. The van der Waals surface area contributed by atoms with E-state index in [9.17, 15) is 4.79 Å². The third kappa shape index (κ3) is 7.42. The number of aliphatic carboxylic acids is 1. The van der Waals surface area contributed by atoms with Crippen molar-refractivity contribution < 1.29 is 15.0 Å². The van der Waals surface area contributed by atoms with Crippen molar-refractivity contribution in [2.24, 2.45) is 0 Å². The molecule has 0 saturated carbocycles. The van der Waals surface area contributed by atoms with Crippen molar-refractivity contribution in [3.8, 4) is 0 Å². The van der Waals surface area contributed by atoms with Crippen LogP contribution in [-0.4, -0.2) is 27.4 Å². The average molecular weight is 176 g/mol. The fraction of sp³-hybridized carbons (Fsp3) is 0.571. The largest absolute Gasteiger partial charge is 0.481 e. The number of carboxylic acid groups (broad SMARTS) is 1. The van der Waals surface area contributed by atoms with Gasteiger partial charge in [-0.05, 0) is 12.2 Å². The molecule has 0 amide bonds. The van der Waals surface area contributed by atoms with Gasteiger partial charge in [0.25, 0.3) is 0 Å². The van der Waals surface area contributed by atoms with E-state index in [1.165, 1.54) is 17.8 Å². The van der Waals surface area contributed by atoms with Gasteiger partial charge in [0.1, 0.15) is 5.44 Å². The fourth-order valence-electron chi connectivity index (χ4n) is 0.496. The second-order valence-corrected chi connectivity index (χ2v) is 3.22. The van der Waals surface area contributed by atoms with Gasteiger partial charge in [-0.25, -0.2) is 0 Å². The molecule has 4 heteroatoms. The Morgan fingerprint density at radius 2 is 2.36 bits per heavy atom. The van der Waals surface area contributed by atoms with E-state index in [4.69, 9.17) is 10.2 Å². The standard InChI is InChI=1S/C7H12O3S/c1-2-7(10)11-5-3-4-6(8)9/h2,7,10H,1,3-5H2,(H,8,9). The highest BCUT2D eigenvalue weighted by Crippen LogP contribution is 2.10. The highest BCUT2D eigenvalue weighted by molar-refractivity contribution is 7.99. The van der Waals surface area contributed by atoms with Gasteiger partial charge >= 0.3 is 5.97 Å². The average Bonchev–Trinajstić information content (AvgIpc) is 1.97. The Kier molecular flexibility index (Phi) is 5.97. The molecule has 3 nitrogen and oxygen atoms in total. The summed E-state index contributed by atoms with van der Waals surface area (Å²) >= 11 is 1.29. The number of thioether (sulfide) groups is 1. The highest BCUT2D eigenvalue weighted by Gasteiger charge is 1.99. The smallest absolute Gasteiger partial charge is 0.303 e. The fourth-order valence-corrected chi connectivity index (χ4v) is 1.18. The molecule has 0 fully saturated rings. The molecule has 0 spiro atoms. The molecule has 0 bridgehead atoms. The summed E-state index contributed by atoms with van der Waals surface area (Å²) in [6, 6.07) is 0. The molecule has 0 aliphatic carbocycles. The molecule has 11 heavy (non-hydrogen) atoms. The predicted molar refractivity (Wildman–Crippen MR) is 45.5 cm³/mol. The van der Waals surface area contributed by atoms with Gasteiger partial charge in [0.05, 0.1) is 0 Å². The van der Waals surface area contributed by atoms with E-state index in [1.807, 2.05) is 0 Å². The van der Waals surface area contributed by atoms with Crippen molar-refractivity contribution >= 4 is 17.7 Å². The summed E-state index contributed by atoms with van der Waals surface area (Å²) in [5, 5.41) is 17.2. The van der Waals surface area contributed by atoms with Gasteiger partial charge in [0, 0.05) is 6.42 Å². The molecule has 1 atom stereocenters. The molecule has 0 aromatic heterocycles. The summed E-state index contributed by atoms with van der Waals surface area (Å²) in [7, 11) is 0. The van der Waals surface area contributed by atoms with Crippen LogP contribution in [0.25, 0.3) is 0 Å². The summed E-state index contributed by atoms with van der Waals surface area (Å²) in [6.07, 6.45) is 2.17. The van der Waals surface area contributed by atoms with Crippen molar-refractivity contribution in [1.82, 2.24) is 0 Å². The van der Waals surface area contributed by atoms with E-state index in [0.717, 1.165) is 0 Å². The van der Waals surface area contributed by atoms with E-state index in [1.54, 1.807) is 0 Å². The molecule has 0 saturated heterocycles. The lowest BCUT2D eigenvalue weighted by Crippen LogP contribution is -1.99. The molecule has 0 aliphatic rings. The second kappa shape index (κ2) is 6.24. The molecule has 0 radical (unpaired) electrons. The van der Waals surface area contributed by atoms with Crippen LogP contribution in [0.5, 0.6) is 0 Å². The topological polar surface area (TPSA) is 57.5 Å². The van der Waals surface area contributed by atoms with Crippen LogP contribution in [0.4, 0.5) is 0 Å². The molecule has 2 N–H and O–H groups in total. The van der Waals surface area contributed by atoms with Crippen LogP contribution < -0.4 is 0 Å². The first-order chi connectivity index (χ1) is 5.16. The van der Waals surface area contributed by atoms with E-state index < -0.39 is 11.4 Å². The number of carbonyl (C=O) groups is 1. The van der Waals surface area contributed by atoms with Crippen molar-refractivity contribution in [2.45, 2.75) is 18.3 Å². The lowest BCUT2D eigenvalue weighted by Gasteiger charge is -2.02. The quantitative estimate of drug-likeness (QED) is 0.361. The van der Waals surface area contributed by atoms with Crippen LogP contribution in [0, 0.1) is 0 Å². The third-order valence-electron chi connectivity index (χ3n) is 1.03. The van der Waals surface area contributed by atoms with Gasteiger partial charge in [0.2, 0.25) is 0 Å². The van der Waals surface area contributed by atoms with Gasteiger partial charge in [-0.3, -0.25) is 4.79 Å². The molecular formula is C7H12O3S. The number of carboxylic acids is 1. The number of hydrogen-bond donors (Lipinski definition) is 2. The van der Waals surface area contributed by atoms with E-state index in [0.29, 0.717) is 12.2 Å². The van der Waals surface area contributed by atoms with Crippen LogP contribution in [0.3, 0.4) is 0 Å². The molecule has 0 aromatic rings. The zero-order valence-corrected chi connectivity index (χ0v) is 7.01. The van der Waals surface area contributed by atoms with Gasteiger partial charge < -0.3 is 10.2 Å². The first-order valence-corrected chi connectivity index (χ1v) is 4.35. The summed E-state index contributed by atoms with van der Waals surface area (Å²) in [5.41, 5.74) is -0.566. The van der Waals surface area contributed by atoms with Crippen LogP contribution in [0.15, 0.2) is 12.7 Å². The summed E-state index contributed by atoms with van der Waals surface area (Å²) in [4.78, 5) is 10.0. The lowest BCUT2D eigenvalue weighted by atomic mass is 10.3. The van der Waals surface area contributed by atoms with Crippen molar-refractivity contribution in [1.29, 1.82) is 0 Å². The van der Waals surface area contributed by atoms with Crippen LogP contribution in [0.2, 0.25) is 0 Å². The highest BCUT2D eigenvalue weighted by atomic mass is 32.2. The molecule has 0 aliphatic heterocycles. The van der Waals surface area contributed by atoms with Crippen LogP contribution in [-0.2, 0) is 4.79 Å². The zero-order chi connectivity index (χ0) is 8.69. The first-order valence-electron chi connectivity index (χ1n) is 3.31. The SMILES string of the molecule is C=CC(O)SCCCC(=O)O. The number of rotatable bonds is 6. The number of aliphatic hydroxyl groups excluding tert-OH is 1. The maximum absolute atomic E-state index is 10.0. The summed E-state index contributed by atoms with van der Waals surface area (Å²) < 4.78 is 0. The van der Waals surface area contributed by atoms with E-state index in [-0.39, 0.29) is 6.42 Å². The number of hydrogen-bond acceptors (Lipinski definition) is 3. The van der Waals surface area contributed by atoms with Gasteiger partial charge in [-0.15, -0.1) is 11.8 Å². The Morgan fingerprint density at radius 1 is 1.73 bits per heavy atom. The molecular weight excluding hydrogens is 164 g/mol. The minimum Gasteiger partial charge on any atom is -0.481 e. The van der Waals surface area contributed by atoms with Crippen LogP contribution >= 0.6 is 11.8 Å². The summed E-state index contributed by atoms with van der Waals surface area (Å²) in [6.45, 7) is 3.39. The normalized spacial score (nSPS) is 12.5. The van der Waals surface area contributed by atoms with Crippen molar-refractivity contribution in [2.75, 3.05) is 5.75 Å². The Labute approximate surface area is 70.1 Å². The Bertz CT molecular complexity index is 136. The van der Waals surface area contributed by atoms with Crippen molar-refractivity contribution in [3.05, 3.63) is 12.7 Å². The minimum absolute atomic E-state index is 0.164. The molecule has 1 unspecified atom stereocenters. The van der Waals surface area contributed by atoms with Crippen LogP contribution in [0.1, 0.15) is 12.8 Å². The maximum atomic E-state index is 10.0. The number of aliphatic hydroxyl groups is 1. The molecule has 0 aromatic carbocycles. The lowest BCUT2D eigenvalue weighted by molar-refractivity contribution is -0.137. The summed E-state index contributed by atoms with van der Waals surface area (Å²) in [5.74, 6) is -0.141. The Balaban J connectivity index is 3.14. The van der Waals surface area contributed by atoms with Gasteiger partial charge in [-0.2, -0.15) is 0 Å². The van der Waals surface area contributed by atoms with E-state index in [2.05, 4.69) is 6.58 Å². The van der Waals surface area contributed by atoms with E-state index >= 15 is 0 Å². The predicted octanol–water partition coefficient (Wildman–Crippen LogP) is 1.09. The first kappa shape index (κ1) is 10.5. The molecule has 64 valence electrons. The molecule has 0 heterocycles. The van der Waals surface area contributed by atoms with Crippen molar-refractivity contribution in [3.63, 3.8) is 0 Å². The Hall–Kier alpha value is -0.480. The monoisotopic (exact) mass is 176 g/mol. The minimum atomic E-state index is -0.793. The van der Waals surface area contributed by atoms with Gasteiger partial charge in [-0.1, -0.05) is 12.7 Å². The maximum Gasteiger partial charge on any atom is 0.303 e. The second-order valence-electron chi connectivity index (χ2n) is 1.99. The third-order valence-corrected chi connectivity index (χ3v) is 2.08. The van der Waals surface area contributed by atoms with Gasteiger partial charge in [0.15, 0.2) is 0 Å².